The second-order valence-electron chi connectivity index (χ2n) is 5.24. The zero-order valence-corrected chi connectivity index (χ0v) is 13.7. The summed E-state index contributed by atoms with van der Waals surface area (Å²) in [5, 5.41) is 3.48. The molecule has 0 spiro atoms. The van der Waals surface area contributed by atoms with E-state index >= 15 is 0 Å². The molecule has 0 aromatic heterocycles. The Balaban J connectivity index is 2.07. The summed E-state index contributed by atoms with van der Waals surface area (Å²) in [6, 6.07) is 8.25. The van der Waals surface area contributed by atoms with Gasteiger partial charge in [-0.2, -0.15) is 0 Å². The lowest BCUT2D eigenvalue weighted by atomic mass is 10.2. The van der Waals surface area contributed by atoms with E-state index in [1.54, 1.807) is 7.11 Å². The van der Waals surface area contributed by atoms with Crippen LogP contribution in [0.25, 0.3) is 0 Å². The molecule has 0 radical (unpaired) electrons. The van der Waals surface area contributed by atoms with Crippen molar-refractivity contribution in [1.29, 1.82) is 0 Å². The molecule has 0 aliphatic heterocycles. The Bertz CT molecular complexity index is 372. The number of likely N-dealkylation sites (N-methyl/N-ethyl adjacent to an activating group) is 1. The summed E-state index contributed by atoms with van der Waals surface area (Å²) in [7, 11) is 3.86. The van der Waals surface area contributed by atoms with Gasteiger partial charge in [-0.05, 0) is 51.1 Å². The third-order valence-corrected chi connectivity index (χ3v) is 3.35. The minimum atomic E-state index is 0.822. The molecule has 1 aromatic rings. The second kappa shape index (κ2) is 11.5. The van der Waals surface area contributed by atoms with Crippen molar-refractivity contribution in [2.45, 2.75) is 26.3 Å². The first kappa shape index (κ1) is 18.0. The maximum absolute atomic E-state index is 5.32. The van der Waals surface area contributed by atoms with Gasteiger partial charge in [-0.25, -0.2) is 0 Å². The highest BCUT2D eigenvalue weighted by Gasteiger charge is 2.01. The van der Waals surface area contributed by atoms with Gasteiger partial charge in [-0.3, -0.25) is 0 Å². The van der Waals surface area contributed by atoms with Crippen molar-refractivity contribution in [3.05, 3.63) is 29.8 Å². The van der Waals surface area contributed by atoms with Gasteiger partial charge in [-0.1, -0.05) is 12.1 Å². The first-order chi connectivity index (χ1) is 10.3. The van der Waals surface area contributed by atoms with E-state index in [0.717, 1.165) is 51.6 Å². The Hall–Kier alpha value is -1.10. The molecule has 0 unspecified atom stereocenters. The number of hydrogen-bond acceptors (Lipinski definition) is 4. The lowest BCUT2D eigenvalue weighted by molar-refractivity contribution is 0.143. The minimum absolute atomic E-state index is 0.822. The highest BCUT2D eigenvalue weighted by molar-refractivity contribution is 5.28. The normalized spacial score (nSPS) is 11.0. The van der Waals surface area contributed by atoms with E-state index in [9.17, 15) is 0 Å². The predicted molar refractivity (Wildman–Crippen MR) is 87.9 cm³/mol. The van der Waals surface area contributed by atoms with Crippen LogP contribution in [0.2, 0.25) is 0 Å². The highest BCUT2D eigenvalue weighted by atomic mass is 16.5. The van der Waals surface area contributed by atoms with Crippen LogP contribution >= 0.6 is 0 Å². The van der Waals surface area contributed by atoms with Gasteiger partial charge in [0.2, 0.25) is 0 Å². The number of methoxy groups -OCH3 is 1. The molecule has 120 valence electrons. The van der Waals surface area contributed by atoms with Crippen LogP contribution in [-0.4, -0.2) is 51.9 Å². The van der Waals surface area contributed by atoms with Gasteiger partial charge in [0.1, 0.15) is 5.75 Å². The molecule has 0 saturated heterocycles. The van der Waals surface area contributed by atoms with E-state index in [2.05, 4.69) is 29.4 Å². The average Bonchev–Trinajstić information content (AvgIpc) is 2.50. The third-order valence-electron chi connectivity index (χ3n) is 3.35. The molecule has 1 rings (SSSR count). The largest absolute Gasteiger partial charge is 0.497 e. The lowest BCUT2D eigenvalue weighted by Gasteiger charge is -2.17. The molecule has 0 amide bonds. The Labute approximate surface area is 129 Å². The van der Waals surface area contributed by atoms with Gasteiger partial charge in [0.15, 0.2) is 0 Å². The monoisotopic (exact) mass is 294 g/mol. The number of rotatable bonds is 12. The summed E-state index contributed by atoms with van der Waals surface area (Å²) in [4.78, 5) is 2.32. The fraction of sp³-hybridized carbons (Fsp3) is 0.647. The smallest absolute Gasteiger partial charge is 0.119 e. The highest BCUT2D eigenvalue weighted by Crippen LogP contribution is 2.13. The molecule has 0 fully saturated rings. The molecular formula is C17H30N2O2. The number of hydrogen-bond donors (Lipinski definition) is 1. The van der Waals surface area contributed by atoms with Crippen molar-refractivity contribution >= 4 is 0 Å². The zero-order chi connectivity index (χ0) is 15.3. The average molecular weight is 294 g/mol. The van der Waals surface area contributed by atoms with Crippen molar-refractivity contribution in [3.63, 3.8) is 0 Å². The van der Waals surface area contributed by atoms with Crippen LogP contribution in [0, 0.1) is 0 Å². The molecule has 21 heavy (non-hydrogen) atoms. The molecule has 0 aliphatic carbocycles. The van der Waals surface area contributed by atoms with E-state index in [0.29, 0.717) is 0 Å². The number of benzene rings is 1. The maximum atomic E-state index is 5.32. The molecule has 1 aromatic carbocycles. The van der Waals surface area contributed by atoms with Crippen LogP contribution in [0.4, 0.5) is 0 Å². The van der Waals surface area contributed by atoms with Gasteiger partial charge < -0.3 is 19.7 Å². The van der Waals surface area contributed by atoms with E-state index < -0.39 is 0 Å². The summed E-state index contributed by atoms with van der Waals surface area (Å²) >= 11 is 0. The number of nitrogens with one attached hydrogen (secondary N) is 1. The molecule has 0 bridgehead atoms. The number of nitrogens with zero attached hydrogens (tertiary/aromatic N) is 1. The predicted octanol–water partition coefficient (Wildman–Crippen LogP) is 2.53. The molecule has 0 saturated carbocycles. The van der Waals surface area contributed by atoms with Gasteiger partial charge in [0.25, 0.3) is 0 Å². The third kappa shape index (κ3) is 8.71. The van der Waals surface area contributed by atoms with Gasteiger partial charge in [-0.15, -0.1) is 0 Å². The maximum Gasteiger partial charge on any atom is 0.119 e. The fourth-order valence-electron chi connectivity index (χ4n) is 2.15. The van der Waals surface area contributed by atoms with Crippen molar-refractivity contribution in [3.8, 4) is 5.75 Å². The molecular weight excluding hydrogens is 264 g/mol. The van der Waals surface area contributed by atoms with Crippen LogP contribution in [0.1, 0.15) is 25.3 Å². The Morgan fingerprint density at radius 2 is 2.05 bits per heavy atom. The van der Waals surface area contributed by atoms with Crippen molar-refractivity contribution in [1.82, 2.24) is 10.2 Å². The quantitative estimate of drug-likeness (QED) is 0.601. The Kier molecular flexibility index (Phi) is 9.87. The first-order valence-corrected chi connectivity index (χ1v) is 7.86. The van der Waals surface area contributed by atoms with E-state index in [1.165, 1.54) is 12.0 Å². The zero-order valence-electron chi connectivity index (χ0n) is 13.7. The van der Waals surface area contributed by atoms with Crippen molar-refractivity contribution in [2.24, 2.45) is 0 Å². The molecule has 0 heterocycles. The summed E-state index contributed by atoms with van der Waals surface area (Å²) in [6.07, 6.45) is 2.32. The molecule has 0 atom stereocenters. The van der Waals surface area contributed by atoms with Crippen molar-refractivity contribution < 1.29 is 9.47 Å². The van der Waals surface area contributed by atoms with E-state index in [4.69, 9.17) is 9.47 Å². The van der Waals surface area contributed by atoms with Crippen LogP contribution in [-0.2, 0) is 11.3 Å². The molecule has 1 N–H and O–H groups in total. The van der Waals surface area contributed by atoms with Crippen molar-refractivity contribution in [2.75, 3.05) is 47.0 Å². The second-order valence-corrected chi connectivity index (χ2v) is 5.24. The SMILES string of the molecule is CCOCCCCNCCN(C)Cc1cccc(OC)c1. The van der Waals surface area contributed by atoms with E-state index in [1.807, 2.05) is 19.1 Å². The molecule has 4 nitrogen and oxygen atoms in total. The number of ether oxygens (including phenoxy) is 2. The van der Waals surface area contributed by atoms with Crippen LogP contribution < -0.4 is 10.1 Å². The van der Waals surface area contributed by atoms with Crippen LogP contribution in [0.15, 0.2) is 24.3 Å². The first-order valence-electron chi connectivity index (χ1n) is 7.86. The number of unbranched alkanes of at least 4 members (excludes halogenated alkanes) is 1. The molecule has 0 aliphatic rings. The Morgan fingerprint density at radius 1 is 1.19 bits per heavy atom. The Morgan fingerprint density at radius 3 is 2.81 bits per heavy atom. The van der Waals surface area contributed by atoms with Crippen LogP contribution in [0.3, 0.4) is 0 Å². The summed E-state index contributed by atoms with van der Waals surface area (Å²) in [5.74, 6) is 0.924. The van der Waals surface area contributed by atoms with Gasteiger partial charge in [0.05, 0.1) is 7.11 Å². The summed E-state index contributed by atoms with van der Waals surface area (Å²) < 4.78 is 10.6. The summed E-state index contributed by atoms with van der Waals surface area (Å²) in [5.41, 5.74) is 1.29. The van der Waals surface area contributed by atoms with Crippen LogP contribution in [0.5, 0.6) is 5.75 Å². The minimum Gasteiger partial charge on any atom is -0.497 e. The van der Waals surface area contributed by atoms with E-state index in [-0.39, 0.29) is 0 Å². The van der Waals surface area contributed by atoms with Gasteiger partial charge >= 0.3 is 0 Å². The fourth-order valence-corrected chi connectivity index (χ4v) is 2.15. The van der Waals surface area contributed by atoms with Gasteiger partial charge in [0, 0.05) is 32.8 Å². The summed E-state index contributed by atoms with van der Waals surface area (Å²) in [6.45, 7) is 7.83. The standard InChI is InChI=1S/C17H30N2O2/c1-4-21-13-6-5-10-18-11-12-19(2)15-16-8-7-9-17(14-16)20-3/h7-9,14,18H,4-6,10-13,15H2,1-3H3. The molecule has 4 heteroatoms. The topological polar surface area (TPSA) is 33.7 Å². The lowest BCUT2D eigenvalue weighted by Crippen LogP contribution is -2.29.